The second-order valence-electron chi connectivity index (χ2n) is 8.11. The molecule has 6 heteroatoms. The zero-order chi connectivity index (χ0) is 22.8. The second kappa shape index (κ2) is 12.2. The van der Waals surface area contributed by atoms with Gasteiger partial charge in [-0.3, -0.25) is 4.79 Å². The lowest BCUT2D eigenvalue weighted by molar-refractivity contribution is -0.131. The van der Waals surface area contributed by atoms with Crippen LogP contribution >= 0.6 is 0 Å². The summed E-state index contributed by atoms with van der Waals surface area (Å²) in [5, 5.41) is 0. The van der Waals surface area contributed by atoms with Crippen molar-refractivity contribution in [2.75, 3.05) is 27.6 Å². The van der Waals surface area contributed by atoms with Crippen LogP contribution in [-0.4, -0.2) is 38.4 Å². The summed E-state index contributed by atoms with van der Waals surface area (Å²) in [6, 6.07) is 11.8. The van der Waals surface area contributed by atoms with Crippen molar-refractivity contribution in [2.24, 2.45) is 0 Å². The lowest BCUT2D eigenvalue weighted by Crippen LogP contribution is -2.32. The van der Waals surface area contributed by atoms with Gasteiger partial charge in [-0.05, 0) is 48.2 Å². The number of carbonyl (C=O) groups excluding carboxylic acids is 1. The molecule has 0 saturated heterocycles. The SMILES string of the molecule is CCCCCCCC(=O)N(CCc1ccc(OC)c(OC)c1)Cc1ccc2c(c1)OCO2. The molecule has 0 radical (unpaired) electrons. The van der Waals surface area contributed by atoms with Gasteiger partial charge in [-0.1, -0.05) is 44.7 Å². The third-order valence-electron chi connectivity index (χ3n) is 5.78. The van der Waals surface area contributed by atoms with Crippen molar-refractivity contribution in [1.82, 2.24) is 4.90 Å². The van der Waals surface area contributed by atoms with Crippen molar-refractivity contribution in [2.45, 2.75) is 58.4 Å². The third kappa shape index (κ3) is 6.55. The Bertz CT molecular complexity index is 883. The standard InChI is InChI=1S/C26H35NO5/c1-4-5-6-7-8-9-26(28)27(18-21-11-13-23-25(17-21)32-19-31-23)15-14-20-10-12-22(29-2)24(16-20)30-3/h10-13,16-17H,4-9,14-15,18-19H2,1-3H3. The minimum atomic E-state index is 0.194. The zero-order valence-electron chi connectivity index (χ0n) is 19.5. The van der Waals surface area contributed by atoms with E-state index < -0.39 is 0 Å². The molecule has 0 fully saturated rings. The number of benzene rings is 2. The topological polar surface area (TPSA) is 57.2 Å². The molecule has 0 aliphatic carbocycles. The Morgan fingerprint density at radius 3 is 2.44 bits per heavy atom. The maximum Gasteiger partial charge on any atom is 0.231 e. The average Bonchev–Trinajstić information content (AvgIpc) is 3.29. The van der Waals surface area contributed by atoms with E-state index in [4.69, 9.17) is 18.9 Å². The Balaban J connectivity index is 1.66. The van der Waals surface area contributed by atoms with Crippen LogP contribution < -0.4 is 18.9 Å². The lowest BCUT2D eigenvalue weighted by Gasteiger charge is -2.23. The quantitative estimate of drug-likeness (QED) is 0.392. The molecule has 6 nitrogen and oxygen atoms in total. The number of ether oxygens (including phenoxy) is 4. The van der Waals surface area contributed by atoms with Crippen LogP contribution in [0.2, 0.25) is 0 Å². The van der Waals surface area contributed by atoms with Crippen LogP contribution in [0.15, 0.2) is 36.4 Å². The maximum absolute atomic E-state index is 13.1. The van der Waals surface area contributed by atoms with Crippen LogP contribution in [0.3, 0.4) is 0 Å². The van der Waals surface area contributed by atoms with Gasteiger partial charge in [0, 0.05) is 19.5 Å². The van der Waals surface area contributed by atoms with Crippen LogP contribution in [0.5, 0.6) is 23.0 Å². The van der Waals surface area contributed by atoms with Crippen molar-refractivity contribution < 1.29 is 23.7 Å². The van der Waals surface area contributed by atoms with Gasteiger partial charge in [0.05, 0.1) is 14.2 Å². The minimum absolute atomic E-state index is 0.194. The van der Waals surface area contributed by atoms with E-state index in [9.17, 15) is 4.79 Å². The van der Waals surface area contributed by atoms with E-state index in [0.29, 0.717) is 31.0 Å². The van der Waals surface area contributed by atoms with Gasteiger partial charge in [0.25, 0.3) is 0 Å². The minimum Gasteiger partial charge on any atom is -0.493 e. The highest BCUT2D eigenvalue weighted by molar-refractivity contribution is 5.76. The number of amides is 1. The third-order valence-corrected chi connectivity index (χ3v) is 5.78. The van der Waals surface area contributed by atoms with Gasteiger partial charge in [-0.25, -0.2) is 0 Å². The molecule has 3 rings (SSSR count). The van der Waals surface area contributed by atoms with Crippen molar-refractivity contribution in [3.63, 3.8) is 0 Å². The molecule has 0 unspecified atom stereocenters. The summed E-state index contributed by atoms with van der Waals surface area (Å²) < 4.78 is 21.7. The van der Waals surface area contributed by atoms with Gasteiger partial charge >= 0.3 is 0 Å². The van der Waals surface area contributed by atoms with E-state index in [1.165, 1.54) is 19.3 Å². The van der Waals surface area contributed by atoms with E-state index >= 15 is 0 Å². The number of methoxy groups -OCH3 is 2. The Morgan fingerprint density at radius 2 is 1.66 bits per heavy atom. The van der Waals surface area contributed by atoms with Crippen LogP contribution in [0, 0.1) is 0 Å². The highest BCUT2D eigenvalue weighted by Gasteiger charge is 2.18. The summed E-state index contributed by atoms with van der Waals surface area (Å²) in [6.45, 7) is 3.64. The molecule has 0 spiro atoms. The highest BCUT2D eigenvalue weighted by Crippen LogP contribution is 2.33. The van der Waals surface area contributed by atoms with Crippen LogP contribution in [0.1, 0.15) is 56.6 Å². The molecule has 1 aliphatic rings. The Labute approximate surface area is 191 Å². The van der Waals surface area contributed by atoms with Gasteiger partial charge in [0.15, 0.2) is 23.0 Å². The summed E-state index contributed by atoms with van der Waals surface area (Å²) >= 11 is 0. The predicted octanol–water partition coefficient (Wildman–Crippen LogP) is 5.36. The first-order valence-corrected chi connectivity index (χ1v) is 11.5. The zero-order valence-corrected chi connectivity index (χ0v) is 19.5. The fourth-order valence-electron chi connectivity index (χ4n) is 3.89. The number of unbranched alkanes of at least 4 members (excludes halogenated alkanes) is 4. The number of hydrogen-bond acceptors (Lipinski definition) is 5. The molecule has 0 saturated carbocycles. The normalized spacial score (nSPS) is 12.0. The van der Waals surface area contributed by atoms with E-state index in [-0.39, 0.29) is 12.7 Å². The monoisotopic (exact) mass is 441 g/mol. The smallest absolute Gasteiger partial charge is 0.231 e. The van der Waals surface area contributed by atoms with Crippen molar-refractivity contribution in [3.8, 4) is 23.0 Å². The molecule has 0 atom stereocenters. The average molecular weight is 442 g/mol. The first kappa shape index (κ1) is 23.8. The van der Waals surface area contributed by atoms with E-state index in [0.717, 1.165) is 41.9 Å². The van der Waals surface area contributed by atoms with Gasteiger partial charge in [-0.2, -0.15) is 0 Å². The van der Waals surface area contributed by atoms with Crippen LogP contribution in [-0.2, 0) is 17.8 Å². The van der Waals surface area contributed by atoms with Crippen molar-refractivity contribution in [1.29, 1.82) is 0 Å². The van der Waals surface area contributed by atoms with Gasteiger partial charge < -0.3 is 23.8 Å². The molecule has 174 valence electrons. The number of carbonyl (C=O) groups is 1. The van der Waals surface area contributed by atoms with Crippen LogP contribution in [0.4, 0.5) is 0 Å². The molecule has 1 amide bonds. The Morgan fingerprint density at radius 1 is 0.906 bits per heavy atom. The fraction of sp³-hybridized carbons (Fsp3) is 0.500. The van der Waals surface area contributed by atoms with Crippen LogP contribution in [0.25, 0.3) is 0 Å². The number of nitrogens with zero attached hydrogens (tertiary/aromatic N) is 1. The van der Waals surface area contributed by atoms with Crippen molar-refractivity contribution in [3.05, 3.63) is 47.5 Å². The first-order chi connectivity index (χ1) is 15.6. The molecular formula is C26H35NO5. The van der Waals surface area contributed by atoms with E-state index in [1.54, 1.807) is 14.2 Å². The molecule has 32 heavy (non-hydrogen) atoms. The fourth-order valence-corrected chi connectivity index (χ4v) is 3.89. The molecule has 0 bridgehead atoms. The van der Waals surface area contributed by atoms with E-state index in [2.05, 4.69) is 6.92 Å². The van der Waals surface area contributed by atoms with Gasteiger partial charge in [0.2, 0.25) is 12.7 Å². The second-order valence-corrected chi connectivity index (χ2v) is 8.11. The van der Waals surface area contributed by atoms with Crippen molar-refractivity contribution >= 4 is 5.91 Å². The largest absolute Gasteiger partial charge is 0.493 e. The highest BCUT2D eigenvalue weighted by atomic mass is 16.7. The number of rotatable bonds is 13. The molecular weight excluding hydrogens is 406 g/mol. The van der Waals surface area contributed by atoms with E-state index in [1.807, 2.05) is 41.3 Å². The Kier molecular flexibility index (Phi) is 9.08. The Hall–Kier alpha value is -2.89. The number of hydrogen-bond donors (Lipinski definition) is 0. The summed E-state index contributed by atoms with van der Waals surface area (Å²) in [4.78, 5) is 15.0. The number of fused-ring (bicyclic) bond motifs is 1. The van der Waals surface area contributed by atoms with Gasteiger partial charge in [0.1, 0.15) is 0 Å². The first-order valence-electron chi connectivity index (χ1n) is 11.5. The summed E-state index contributed by atoms with van der Waals surface area (Å²) in [5.74, 6) is 3.10. The molecule has 0 aromatic heterocycles. The molecule has 1 heterocycles. The molecule has 1 aliphatic heterocycles. The molecule has 2 aromatic carbocycles. The summed E-state index contributed by atoms with van der Waals surface area (Å²) in [5.41, 5.74) is 2.15. The van der Waals surface area contributed by atoms with Gasteiger partial charge in [-0.15, -0.1) is 0 Å². The lowest BCUT2D eigenvalue weighted by atomic mass is 10.1. The predicted molar refractivity (Wildman–Crippen MR) is 125 cm³/mol. The molecule has 0 N–H and O–H groups in total. The summed E-state index contributed by atoms with van der Waals surface area (Å²) in [7, 11) is 3.26. The summed E-state index contributed by atoms with van der Waals surface area (Å²) in [6.07, 6.45) is 6.99. The maximum atomic E-state index is 13.1. The molecule has 2 aromatic rings.